The molecule has 1 fully saturated rings. The van der Waals surface area contributed by atoms with Crippen LogP contribution in [0.25, 0.3) is 0 Å². The Hall–Kier alpha value is -1.29. The molecular formula is C17H29N3O. The van der Waals surface area contributed by atoms with Crippen molar-refractivity contribution in [3.05, 3.63) is 24.0 Å². The molecule has 21 heavy (non-hydrogen) atoms. The Bertz CT molecular complexity index is 435. The summed E-state index contributed by atoms with van der Waals surface area (Å²) in [5, 5.41) is 6.66. The lowest BCUT2D eigenvalue weighted by Gasteiger charge is -2.23. The molecule has 0 aliphatic heterocycles. The molecule has 4 heteroatoms. The molecule has 0 saturated heterocycles. The third kappa shape index (κ3) is 4.88. The van der Waals surface area contributed by atoms with Crippen LogP contribution in [-0.2, 0) is 11.3 Å². The van der Waals surface area contributed by atoms with Crippen LogP contribution in [0, 0.1) is 0 Å². The zero-order valence-electron chi connectivity index (χ0n) is 13.4. The number of carbonyl (C=O) groups is 1. The largest absolute Gasteiger partial charge is 0.352 e. The Morgan fingerprint density at radius 2 is 2.14 bits per heavy atom. The molecule has 2 N–H and O–H groups in total. The van der Waals surface area contributed by atoms with Gasteiger partial charge in [0.15, 0.2) is 0 Å². The van der Waals surface area contributed by atoms with Crippen molar-refractivity contribution in [2.45, 2.75) is 71.0 Å². The van der Waals surface area contributed by atoms with Crippen LogP contribution in [0.3, 0.4) is 0 Å². The number of nitrogens with zero attached hydrogens (tertiary/aromatic N) is 1. The molecule has 1 aromatic rings. The Balaban J connectivity index is 1.87. The number of nitrogens with one attached hydrogen (secondary N) is 2. The van der Waals surface area contributed by atoms with Crippen molar-refractivity contribution in [2.24, 2.45) is 0 Å². The van der Waals surface area contributed by atoms with Crippen LogP contribution in [0.2, 0.25) is 0 Å². The molecule has 0 bridgehead atoms. The average molecular weight is 291 g/mol. The van der Waals surface area contributed by atoms with Gasteiger partial charge in [-0.25, -0.2) is 0 Å². The number of carbonyl (C=O) groups excluding carboxylic acids is 1. The zero-order chi connectivity index (χ0) is 15.1. The van der Waals surface area contributed by atoms with Crippen molar-refractivity contribution in [2.75, 3.05) is 6.54 Å². The summed E-state index contributed by atoms with van der Waals surface area (Å²) >= 11 is 0. The van der Waals surface area contributed by atoms with E-state index >= 15 is 0 Å². The highest BCUT2D eigenvalue weighted by Gasteiger charge is 2.17. The molecule has 1 heterocycles. The summed E-state index contributed by atoms with van der Waals surface area (Å²) in [6, 6.07) is 4.79. The van der Waals surface area contributed by atoms with Crippen molar-refractivity contribution in [3.63, 3.8) is 0 Å². The minimum absolute atomic E-state index is 0.141. The van der Waals surface area contributed by atoms with Gasteiger partial charge in [-0.2, -0.15) is 0 Å². The van der Waals surface area contributed by atoms with E-state index in [2.05, 4.69) is 35.1 Å². The highest BCUT2D eigenvalue weighted by molar-refractivity contribution is 5.76. The quantitative estimate of drug-likeness (QED) is 0.811. The summed E-state index contributed by atoms with van der Waals surface area (Å²) in [6.07, 6.45) is 9.20. The van der Waals surface area contributed by atoms with Gasteiger partial charge in [0.1, 0.15) is 6.54 Å². The molecule has 1 saturated carbocycles. The smallest absolute Gasteiger partial charge is 0.240 e. The highest BCUT2D eigenvalue weighted by atomic mass is 16.2. The van der Waals surface area contributed by atoms with Crippen LogP contribution >= 0.6 is 0 Å². The van der Waals surface area contributed by atoms with E-state index in [-0.39, 0.29) is 11.9 Å². The Morgan fingerprint density at radius 3 is 2.86 bits per heavy atom. The van der Waals surface area contributed by atoms with Gasteiger partial charge in [0.2, 0.25) is 5.91 Å². The number of rotatable bonds is 7. The molecule has 0 spiro atoms. The molecule has 118 valence electrons. The third-order valence-electron chi connectivity index (χ3n) is 4.29. The van der Waals surface area contributed by atoms with E-state index < -0.39 is 0 Å². The predicted octanol–water partition coefficient (Wildman–Crippen LogP) is 3.00. The van der Waals surface area contributed by atoms with Gasteiger partial charge in [-0.15, -0.1) is 0 Å². The van der Waals surface area contributed by atoms with E-state index in [4.69, 9.17) is 0 Å². The first-order valence-electron chi connectivity index (χ1n) is 8.38. The average Bonchev–Trinajstić information content (AvgIpc) is 2.93. The van der Waals surface area contributed by atoms with Gasteiger partial charge in [-0.1, -0.05) is 26.2 Å². The van der Waals surface area contributed by atoms with E-state index in [1.807, 2.05) is 12.3 Å². The van der Waals surface area contributed by atoms with Gasteiger partial charge in [0.25, 0.3) is 0 Å². The van der Waals surface area contributed by atoms with Gasteiger partial charge < -0.3 is 15.2 Å². The SMILES string of the molecule is CCCNC(C)c1cccn1CC(=O)NC1CCCCC1. The van der Waals surface area contributed by atoms with Crippen LogP contribution in [0.15, 0.2) is 18.3 Å². The maximum Gasteiger partial charge on any atom is 0.240 e. The standard InChI is InChI=1S/C17H29N3O/c1-3-11-18-14(2)16-10-7-12-20(16)13-17(21)19-15-8-5-4-6-9-15/h7,10,12,14-15,18H,3-6,8-9,11,13H2,1-2H3,(H,19,21). The Labute approximate surface area is 128 Å². The topological polar surface area (TPSA) is 46.1 Å². The minimum Gasteiger partial charge on any atom is -0.352 e. The maximum atomic E-state index is 12.2. The minimum atomic E-state index is 0.141. The van der Waals surface area contributed by atoms with Gasteiger partial charge in [0.05, 0.1) is 0 Å². The summed E-state index contributed by atoms with van der Waals surface area (Å²) < 4.78 is 2.06. The van der Waals surface area contributed by atoms with E-state index in [1.165, 1.54) is 25.0 Å². The lowest BCUT2D eigenvalue weighted by molar-refractivity contribution is -0.122. The summed E-state index contributed by atoms with van der Waals surface area (Å²) in [7, 11) is 0. The molecule has 1 atom stereocenters. The van der Waals surface area contributed by atoms with Crippen molar-refractivity contribution in [1.29, 1.82) is 0 Å². The molecule has 0 aromatic carbocycles. The number of amides is 1. The zero-order valence-corrected chi connectivity index (χ0v) is 13.4. The van der Waals surface area contributed by atoms with E-state index in [9.17, 15) is 4.79 Å². The Morgan fingerprint density at radius 1 is 1.38 bits per heavy atom. The summed E-state index contributed by atoms with van der Waals surface area (Å²) in [5.74, 6) is 0.141. The molecule has 0 radical (unpaired) electrons. The summed E-state index contributed by atoms with van der Waals surface area (Å²) in [6.45, 7) is 5.74. The molecule has 1 aliphatic rings. The van der Waals surface area contributed by atoms with Crippen molar-refractivity contribution in [3.8, 4) is 0 Å². The first-order valence-corrected chi connectivity index (χ1v) is 8.38. The van der Waals surface area contributed by atoms with Crippen molar-refractivity contribution >= 4 is 5.91 Å². The first-order chi connectivity index (χ1) is 10.2. The predicted molar refractivity (Wildman–Crippen MR) is 86.2 cm³/mol. The van der Waals surface area contributed by atoms with Crippen molar-refractivity contribution < 1.29 is 4.79 Å². The van der Waals surface area contributed by atoms with Gasteiger partial charge in [-0.3, -0.25) is 4.79 Å². The monoisotopic (exact) mass is 291 g/mol. The molecule has 1 amide bonds. The fraction of sp³-hybridized carbons (Fsp3) is 0.706. The molecule has 1 aliphatic carbocycles. The van der Waals surface area contributed by atoms with Gasteiger partial charge in [-0.05, 0) is 44.9 Å². The van der Waals surface area contributed by atoms with Crippen LogP contribution < -0.4 is 10.6 Å². The lowest BCUT2D eigenvalue weighted by atomic mass is 9.95. The fourth-order valence-corrected chi connectivity index (χ4v) is 3.10. The van der Waals surface area contributed by atoms with Crippen molar-refractivity contribution in [1.82, 2.24) is 15.2 Å². The number of hydrogen-bond acceptors (Lipinski definition) is 2. The molecular weight excluding hydrogens is 262 g/mol. The summed E-state index contributed by atoms with van der Waals surface area (Å²) in [5.41, 5.74) is 1.18. The van der Waals surface area contributed by atoms with Crippen LogP contribution in [0.1, 0.15) is 64.1 Å². The highest BCUT2D eigenvalue weighted by Crippen LogP contribution is 2.18. The second-order valence-corrected chi connectivity index (χ2v) is 6.14. The Kier molecular flexibility index (Phi) is 6.30. The second kappa shape index (κ2) is 8.23. The third-order valence-corrected chi connectivity index (χ3v) is 4.29. The normalized spacial score (nSPS) is 17.6. The maximum absolute atomic E-state index is 12.2. The molecule has 1 aromatic heterocycles. The molecule has 4 nitrogen and oxygen atoms in total. The van der Waals surface area contributed by atoms with Crippen LogP contribution in [-0.4, -0.2) is 23.1 Å². The summed E-state index contributed by atoms with van der Waals surface area (Å²) in [4.78, 5) is 12.2. The van der Waals surface area contributed by atoms with E-state index in [1.54, 1.807) is 0 Å². The number of aromatic nitrogens is 1. The fourth-order valence-electron chi connectivity index (χ4n) is 3.10. The lowest BCUT2D eigenvalue weighted by Crippen LogP contribution is -2.38. The van der Waals surface area contributed by atoms with E-state index in [0.717, 1.165) is 25.8 Å². The molecule has 1 unspecified atom stereocenters. The van der Waals surface area contributed by atoms with E-state index in [0.29, 0.717) is 12.6 Å². The second-order valence-electron chi connectivity index (χ2n) is 6.14. The van der Waals surface area contributed by atoms with Gasteiger partial charge in [0, 0.05) is 24.0 Å². The number of hydrogen-bond donors (Lipinski definition) is 2. The first kappa shape index (κ1) is 16.1. The molecule has 2 rings (SSSR count). The van der Waals surface area contributed by atoms with Crippen LogP contribution in [0.4, 0.5) is 0 Å². The van der Waals surface area contributed by atoms with Crippen LogP contribution in [0.5, 0.6) is 0 Å². The van der Waals surface area contributed by atoms with Gasteiger partial charge >= 0.3 is 0 Å².